The zero-order chi connectivity index (χ0) is 46.6. The summed E-state index contributed by atoms with van der Waals surface area (Å²) in [6.45, 7) is 20.6. The second-order valence-electron chi connectivity index (χ2n) is 19.2. The highest BCUT2D eigenvalue weighted by Gasteiger charge is 2.40. The lowest BCUT2D eigenvalue weighted by Crippen LogP contribution is -2.49. The first kappa shape index (κ1) is 47.1. The van der Waals surface area contributed by atoms with Crippen molar-refractivity contribution in [2.75, 3.05) is 46.2 Å². The lowest BCUT2D eigenvalue weighted by molar-refractivity contribution is -0.462. The first-order valence-corrected chi connectivity index (χ1v) is 26.5. The first-order chi connectivity index (χ1) is 31.1. The fraction of sp³-hybridized carbons (Fsp3) is 0.328. The lowest BCUT2D eigenvalue weighted by Gasteiger charge is -2.38. The van der Waals surface area contributed by atoms with Crippen LogP contribution in [0.3, 0.4) is 0 Å². The summed E-state index contributed by atoms with van der Waals surface area (Å²) in [5.41, 5.74) is 15.4. The lowest BCUT2D eigenvalue weighted by atomic mass is 9.84. The number of anilines is 1. The van der Waals surface area contributed by atoms with E-state index < -0.39 is 8.07 Å². The Morgan fingerprint density at radius 3 is 2.14 bits per heavy atom. The van der Waals surface area contributed by atoms with Gasteiger partial charge in [-0.05, 0) is 165 Å². The van der Waals surface area contributed by atoms with E-state index in [1.54, 1.807) is 6.92 Å². The van der Waals surface area contributed by atoms with Crippen molar-refractivity contribution >= 4 is 63.5 Å². The van der Waals surface area contributed by atoms with Gasteiger partial charge in [0.25, 0.3) is 0 Å². The highest BCUT2D eigenvalue weighted by Crippen LogP contribution is 2.45. The number of rotatable bonds is 18. The van der Waals surface area contributed by atoms with E-state index in [0.29, 0.717) is 24.1 Å². The molecule has 0 atom stereocenters. The molecule has 2 aliphatic rings. The first-order valence-electron chi connectivity index (χ1n) is 23.5. The third kappa shape index (κ3) is 9.87. The van der Waals surface area contributed by atoms with Gasteiger partial charge in [-0.3, -0.25) is 9.59 Å². The van der Waals surface area contributed by atoms with Gasteiger partial charge in [-0.15, -0.1) is 0 Å². The summed E-state index contributed by atoms with van der Waals surface area (Å²) in [5, 5.41) is 14.8. The molecule has 1 aliphatic heterocycles. The van der Waals surface area contributed by atoms with E-state index in [2.05, 4.69) is 179 Å². The number of carbonyl (C=O) groups is 2. The molecule has 7 rings (SSSR count). The van der Waals surface area contributed by atoms with E-state index >= 15 is 0 Å². The van der Waals surface area contributed by atoms with Crippen molar-refractivity contribution in [3.63, 3.8) is 0 Å². The molecule has 0 aromatic heterocycles. The highest BCUT2D eigenvalue weighted by molar-refractivity contribution is 6.98. The van der Waals surface area contributed by atoms with Gasteiger partial charge in [0.2, 0.25) is 5.91 Å². The molecule has 0 saturated heterocycles. The van der Waals surface area contributed by atoms with Crippen molar-refractivity contribution in [2.45, 2.75) is 85.4 Å². The quantitative estimate of drug-likeness (QED) is 0.0303. The number of carbonyl (C=O) groups excluding carboxylic acids is 2. The van der Waals surface area contributed by atoms with Crippen LogP contribution in [0.2, 0.25) is 13.1 Å². The van der Waals surface area contributed by atoms with Crippen molar-refractivity contribution in [1.82, 2.24) is 10.6 Å². The summed E-state index contributed by atoms with van der Waals surface area (Å²) in [6.07, 6.45) is 13.5. The predicted octanol–water partition coefficient (Wildman–Crippen LogP) is 11.3. The summed E-state index contributed by atoms with van der Waals surface area (Å²) < 4.78 is 2.22. The Labute approximate surface area is 389 Å². The third-order valence-electron chi connectivity index (χ3n) is 13.6. The van der Waals surface area contributed by atoms with Gasteiger partial charge >= 0.3 is 0 Å². The normalized spacial score (nSPS) is 14.0. The van der Waals surface area contributed by atoms with Crippen LogP contribution in [0.5, 0.6) is 0 Å². The second kappa shape index (κ2) is 20.1. The molecule has 0 spiro atoms. The van der Waals surface area contributed by atoms with Crippen LogP contribution in [-0.4, -0.2) is 71.3 Å². The smallest absolute Gasteiger partial charge is 0.246 e. The van der Waals surface area contributed by atoms with Crippen molar-refractivity contribution in [3.05, 3.63) is 160 Å². The Kier molecular flexibility index (Phi) is 14.6. The number of hydrogen-bond acceptors (Lipinski definition) is 4. The van der Waals surface area contributed by atoms with E-state index in [1.165, 1.54) is 93.4 Å². The van der Waals surface area contributed by atoms with Gasteiger partial charge in [0.15, 0.2) is 11.5 Å². The molecule has 0 unspecified atom stereocenters. The molecule has 2 N–H and O–H groups in total. The molecule has 1 aliphatic carbocycles. The summed E-state index contributed by atoms with van der Waals surface area (Å²) >= 11 is 0. The van der Waals surface area contributed by atoms with E-state index in [-0.39, 0.29) is 11.7 Å². The maximum absolute atomic E-state index is 12.3. The van der Waals surface area contributed by atoms with Crippen LogP contribution in [0.15, 0.2) is 132 Å². The Morgan fingerprint density at radius 2 is 1.43 bits per heavy atom. The molecule has 0 bridgehead atoms. The largest absolute Gasteiger partial charge is 0.378 e. The van der Waals surface area contributed by atoms with Gasteiger partial charge in [-0.25, -0.2) is 4.58 Å². The van der Waals surface area contributed by atoms with Crippen LogP contribution < -0.4 is 20.7 Å². The van der Waals surface area contributed by atoms with E-state index in [9.17, 15) is 9.59 Å². The molecule has 0 fully saturated rings. The van der Waals surface area contributed by atoms with Gasteiger partial charge in [0.05, 0.1) is 0 Å². The van der Waals surface area contributed by atoms with Gasteiger partial charge in [-0.2, -0.15) is 0 Å². The summed E-state index contributed by atoms with van der Waals surface area (Å²) in [6, 6.07) is 30.1. The van der Waals surface area contributed by atoms with Crippen LogP contribution >= 0.6 is 0 Å². The number of allylic oxidation sites excluding steroid dienone is 6. The molecule has 65 heavy (non-hydrogen) atoms. The molecular formula is C58H69N4O2Si+. The number of nitrogens with zero attached hydrogens (tertiary/aromatic N) is 2. The van der Waals surface area contributed by atoms with Crippen LogP contribution in [0.1, 0.15) is 80.2 Å². The molecule has 5 aromatic carbocycles. The maximum Gasteiger partial charge on any atom is 0.246 e. The molecule has 5 aromatic rings. The number of unbranched alkanes of at least 4 members (excludes halogenated alkanes) is 3. The second-order valence-corrected chi connectivity index (χ2v) is 23.5. The van der Waals surface area contributed by atoms with Crippen molar-refractivity contribution < 1.29 is 14.2 Å². The number of hydrogen-bond donors (Lipinski definition) is 2. The van der Waals surface area contributed by atoms with Gasteiger partial charge in [0.1, 0.15) is 22.2 Å². The number of fused-ring (bicyclic) bond motifs is 4. The minimum absolute atomic E-state index is 0.0933. The van der Waals surface area contributed by atoms with Crippen molar-refractivity contribution in [3.8, 4) is 11.1 Å². The van der Waals surface area contributed by atoms with E-state index in [1.807, 2.05) is 6.92 Å². The average molecular weight is 882 g/mol. The number of Topliss-reactive ketones (excluding diaryl/α,β-unsaturated/α-hetero) is 1. The average Bonchev–Trinajstić information content (AvgIpc) is 3.28. The van der Waals surface area contributed by atoms with Gasteiger partial charge in [0, 0.05) is 57.0 Å². The minimum Gasteiger partial charge on any atom is -0.378 e. The Hall–Kier alpha value is -5.89. The summed E-state index contributed by atoms with van der Waals surface area (Å²) in [5.74, 6) is 0.0805. The monoisotopic (exact) mass is 882 g/mol. The molecular weight excluding hydrogens is 813 g/mol. The number of aryl methyl sites for hydroxylation is 1. The number of nitrogens with one attached hydrogen (secondary N) is 2. The number of amides is 1. The predicted molar refractivity (Wildman–Crippen MR) is 281 cm³/mol. The van der Waals surface area contributed by atoms with E-state index in [4.69, 9.17) is 0 Å². The van der Waals surface area contributed by atoms with Crippen LogP contribution in [-0.2, 0) is 22.6 Å². The summed E-state index contributed by atoms with van der Waals surface area (Å²) in [7, 11) is 6.45. The summed E-state index contributed by atoms with van der Waals surface area (Å²) in [4.78, 5) is 26.6. The topological polar surface area (TPSA) is 64.5 Å². The van der Waals surface area contributed by atoms with Crippen molar-refractivity contribution in [1.29, 1.82) is 0 Å². The molecule has 336 valence electrons. The molecule has 1 heterocycles. The fourth-order valence-corrected chi connectivity index (χ4v) is 12.9. The highest BCUT2D eigenvalue weighted by atomic mass is 28.3. The Morgan fingerprint density at radius 1 is 0.723 bits per heavy atom. The standard InChI is InChI=1S/C58H68N4O2Si/c1-38(2)54(63)25-15-13-12-14-20-47-46-21-16-17-22-48(46)53(37-59-32-19-33-60-58(64)39(3)4)49-29-26-41(34-52(47)49)44-23-18-24-45(40(44)5)57-50-30-27-42(61(6)7)35-55(50)65(10,11)56-36-43(62(8)9)28-31-51(56)57/h16-18,21-24,26-31,34-36,59H,1,3,12-15,19-20,25,32-33,37H2,2,4-11H3/p+1. The van der Waals surface area contributed by atoms with E-state index in [0.717, 1.165) is 51.6 Å². The van der Waals surface area contributed by atoms with Crippen LogP contribution in [0.25, 0.3) is 38.2 Å². The molecule has 0 radical (unpaired) electrons. The Bertz CT molecular complexity index is 2850. The molecule has 0 saturated carbocycles. The number of benzene rings is 5. The number of ketones is 1. The Balaban J connectivity index is 1.32. The van der Waals surface area contributed by atoms with Crippen LogP contribution in [0, 0.1) is 6.92 Å². The molecule has 6 nitrogen and oxygen atoms in total. The van der Waals surface area contributed by atoms with Gasteiger partial charge < -0.3 is 15.5 Å². The third-order valence-corrected chi connectivity index (χ3v) is 17.2. The minimum atomic E-state index is -2.09. The fourth-order valence-electron chi connectivity index (χ4n) is 9.81. The van der Waals surface area contributed by atoms with Gasteiger partial charge in [-0.1, -0.05) is 99.8 Å². The van der Waals surface area contributed by atoms with Crippen LogP contribution in [0.4, 0.5) is 5.69 Å². The maximum atomic E-state index is 12.3. The zero-order valence-corrected chi connectivity index (χ0v) is 41.4. The van der Waals surface area contributed by atoms with Crippen molar-refractivity contribution in [2.24, 2.45) is 0 Å². The molecule has 1 amide bonds. The molecule has 7 heteroatoms. The SMILES string of the molecule is C=C(C)C(=O)CCCCCCc1c2ccccc2c(CNCCCNC(=O)C(=C)C)c2ccc(-c3cccc(C4=C5C=CC(=[N+](C)C)C=C5[Si](C)(C)c5cc(N(C)C)ccc54)c3C)cc12. The zero-order valence-electron chi connectivity index (χ0n) is 40.4.